The average Bonchev–Trinajstić information content (AvgIpc) is 2.45. The van der Waals surface area contributed by atoms with Crippen LogP contribution in [-0.2, 0) is 4.79 Å². The molecule has 1 N–H and O–H groups in total. The van der Waals surface area contributed by atoms with Crippen molar-refractivity contribution in [3.63, 3.8) is 0 Å². The minimum Gasteiger partial charge on any atom is -0.481 e. The molecule has 0 unspecified atom stereocenters. The first-order valence-corrected chi connectivity index (χ1v) is 6.76. The van der Waals surface area contributed by atoms with Crippen LogP contribution in [0.2, 0.25) is 0 Å². The number of carbonyl (C=O) groups is 1. The van der Waals surface area contributed by atoms with E-state index in [1.54, 1.807) is 6.92 Å². The molecule has 1 atom stereocenters. The SMILES string of the molecule is Cc1ccc(O[C@H](C)C(=O)Nc2ccc(F)cc2)cc1C. The Kier molecular flexibility index (Phi) is 4.58. The van der Waals surface area contributed by atoms with Crippen LogP contribution in [0.5, 0.6) is 5.75 Å². The summed E-state index contributed by atoms with van der Waals surface area (Å²) in [7, 11) is 0. The predicted octanol–water partition coefficient (Wildman–Crippen LogP) is 3.85. The standard InChI is InChI=1S/C17H18FNO2/c1-11-4-9-16(10-12(11)2)21-13(3)17(20)19-15-7-5-14(18)6-8-15/h4-10,13H,1-3H3,(H,19,20)/t13-/m1/s1. The third-order valence-corrected chi connectivity index (χ3v) is 3.27. The smallest absolute Gasteiger partial charge is 0.265 e. The van der Waals surface area contributed by atoms with E-state index < -0.39 is 6.10 Å². The highest BCUT2D eigenvalue weighted by atomic mass is 19.1. The van der Waals surface area contributed by atoms with E-state index in [9.17, 15) is 9.18 Å². The summed E-state index contributed by atoms with van der Waals surface area (Å²) >= 11 is 0. The minimum atomic E-state index is -0.642. The summed E-state index contributed by atoms with van der Waals surface area (Å²) in [6.07, 6.45) is -0.642. The number of nitrogens with one attached hydrogen (secondary N) is 1. The van der Waals surface area contributed by atoms with Crippen LogP contribution in [0, 0.1) is 19.7 Å². The van der Waals surface area contributed by atoms with Crippen molar-refractivity contribution in [3.8, 4) is 5.75 Å². The molecule has 3 nitrogen and oxygen atoms in total. The van der Waals surface area contributed by atoms with E-state index in [-0.39, 0.29) is 11.7 Å². The molecule has 0 saturated carbocycles. The number of halogens is 1. The number of ether oxygens (including phenoxy) is 1. The molecule has 0 spiro atoms. The van der Waals surface area contributed by atoms with Gasteiger partial charge < -0.3 is 10.1 Å². The molecule has 0 saturated heterocycles. The van der Waals surface area contributed by atoms with Crippen molar-refractivity contribution in [1.29, 1.82) is 0 Å². The Morgan fingerprint density at radius 1 is 1.10 bits per heavy atom. The van der Waals surface area contributed by atoms with E-state index in [1.165, 1.54) is 29.8 Å². The Labute approximate surface area is 123 Å². The van der Waals surface area contributed by atoms with Crippen molar-refractivity contribution in [2.45, 2.75) is 26.9 Å². The Morgan fingerprint density at radius 3 is 2.38 bits per heavy atom. The Hall–Kier alpha value is -2.36. The van der Waals surface area contributed by atoms with Gasteiger partial charge >= 0.3 is 0 Å². The van der Waals surface area contributed by atoms with Gasteiger partial charge in [0.05, 0.1) is 0 Å². The van der Waals surface area contributed by atoms with Gasteiger partial charge in [-0.25, -0.2) is 4.39 Å². The first kappa shape index (κ1) is 15.0. The van der Waals surface area contributed by atoms with Crippen molar-refractivity contribution in [2.24, 2.45) is 0 Å². The molecular weight excluding hydrogens is 269 g/mol. The highest BCUT2D eigenvalue weighted by molar-refractivity contribution is 5.94. The third-order valence-electron chi connectivity index (χ3n) is 3.27. The van der Waals surface area contributed by atoms with Crippen LogP contribution in [0.15, 0.2) is 42.5 Å². The summed E-state index contributed by atoms with van der Waals surface area (Å²) in [6.45, 7) is 5.68. The Balaban J connectivity index is 1.98. The van der Waals surface area contributed by atoms with Crippen LogP contribution in [0.3, 0.4) is 0 Å². The lowest BCUT2D eigenvalue weighted by molar-refractivity contribution is -0.122. The molecule has 0 bridgehead atoms. The number of benzene rings is 2. The van der Waals surface area contributed by atoms with Crippen molar-refractivity contribution in [1.82, 2.24) is 0 Å². The van der Waals surface area contributed by atoms with E-state index >= 15 is 0 Å². The molecule has 110 valence electrons. The van der Waals surface area contributed by atoms with Gasteiger partial charge in [0.15, 0.2) is 6.10 Å². The van der Waals surface area contributed by atoms with Gasteiger partial charge in [0, 0.05) is 5.69 Å². The highest BCUT2D eigenvalue weighted by Gasteiger charge is 2.15. The molecule has 0 fully saturated rings. The molecule has 21 heavy (non-hydrogen) atoms. The second-order valence-electron chi connectivity index (χ2n) is 5.00. The number of rotatable bonds is 4. The lowest BCUT2D eigenvalue weighted by atomic mass is 10.1. The van der Waals surface area contributed by atoms with Gasteiger partial charge in [0.2, 0.25) is 0 Å². The molecule has 2 aromatic rings. The maximum absolute atomic E-state index is 12.8. The summed E-state index contributed by atoms with van der Waals surface area (Å²) in [5.74, 6) is 0.0344. The fraction of sp³-hybridized carbons (Fsp3) is 0.235. The van der Waals surface area contributed by atoms with E-state index in [0.717, 1.165) is 5.56 Å². The van der Waals surface area contributed by atoms with Gasteiger partial charge in [0.1, 0.15) is 11.6 Å². The van der Waals surface area contributed by atoms with Crippen LogP contribution in [0.1, 0.15) is 18.1 Å². The zero-order chi connectivity index (χ0) is 15.4. The molecule has 0 aliphatic heterocycles. The summed E-state index contributed by atoms with van der Waals surface area (Å²) in [6, 6.07) is 11.3. The molecule has 2 aromatic carbocycles. The first-order chi connectivity index (χ1) is 9.95. The second-order valence-corrected chi connectivity index (χ2v) is 5.00. The normalized spacial score (nSPS) is 11.8. The zero-order valence-corrected chi connectivity index (χ0v) is 12.3. The molecule has 0 radical (unpaired) electrons. The lowest BCUT2D eigenvalue weighted by Gasteiger charge is -2.15. The van der Waals surface area contributed by atoms with Crippen LogP contribution < -0.4 is 10.1 Å². The molecular formula is C17H18FNO2. The van der Waals surface area contributed by atoms with Gasteiger partial charge in [-0.15, -0.1) is 0 Å². The number of amides is 1. The van der Waals surface area contributed by atoms with Gasteiger partial charge in [-0.1, -0.05) is 6.07 Å². The van der Waals surface area contributed by atoms with E-state index in [1.807, 2.05) is 32.0 Å². The average molecular weight is 287 g/mol. The Bertz CT molecular complexity index is 638. The van der Waals surface area contributed by atoms with Crippen LogP contribution in [0.25, 0.3) is 0 Å². The molecule has 0 heterocycles. The number of anilines is 1. The summed E-state index contributed by atoms with van der Waals surface area (Å²) in [5, 5.41) is 2.68. The molecule has 0 aliphatic carbocycles. The van der Waals surface area contributed by atoms with Crippen molar-refractivity contribution >= 4 is 11.6 Å². The second kappa shape index (κ2) is 6.39. The zero-order valence-electron chi connectivity index (χ0n) is 12.3. The van der Waals surface area contributed by atoms with Gasteiger partial charge in [-0.2, -0.15) is 0 Å². The fourth-order valence-corrected chi connectivity index (χ4v) is 1.82. The minimum absolute atomic E-state index is 0.278. The van der Waals surface area contributed by atoms with Crippen LogP contribution in [0.4, 0.5) is 10.1 Å². The Morgan fingerprint density at radius 2 is 1.76 bits per heavy atom. The first-order valence-electron chi connectivity index (χ1n) is 6.76. The summed E-state index contributed by atoms with van der Waals surface area (Å²) < 4.78 is 18.4. The van der Waals surface area contributed by atoms with Crippen molar-refractivity contribution < 1.29 is 13.9 Å². The third kappa shape index (κ3) is 4.05. The van der Waals surface area contributed by atoms with Gasteiger partial charge in [0.25, 0.3) is 5.91 Å². The largest absolute Gasteiger partial charge is 0.481 e. The number of carbonyl (C=O) groups excluding carboxylic acids is 1. The van der Waals surface area contributed by atoms with E-state index in [4.69, 9.17) is 4.74 Å². The summed E-state index contributed by atoms with van der Waals surface area (Å²) in [5.41, 5.74) is 2.82. The maximum Gasteiger partial charge on any atom is 0.265 e. The highest BCUT2D eigenvalue weighted by Crippen LogP contribution is 2.18. The van der Waals surface area contributed by atoms with Crippen LogP contribution >= 0.6 is 0 Å². The number of hydrogen-bond donors (Lipinski definition) is 1. The molecule has 1 amide bonds. The number of hydrogen-bond acceptors (Lipinski definition) is 2. The maximum atomic E-state index is 12.8. The molecule has 0 aromatic heterocycles. The monoisotopic (exact) mass is 287 g/mol. The predicted molar refractivity (Wildman–Crippen MR) is 81.0 cm³/mol. The molecule has 4 heteroatoms. The lowest BCUT2D eigenvalue weighted by Crippen LogP contribution is -2.30. The van der Waals surface area contributed by atoms with E-state index in [0.29, 0.717) is 11.4 Å². The summed E-state index contributed by atoms with van der Waals surface area (Å²) in [4.78, 5) is 12.0. The molecule has 0 aliphatic rings. The number of aryl methyl sites for hydroxylation is 2. The van der Waals surface area contributed by atoms with Gasteiger partial charge in [-0.05, 0) is 68.3 Å². The van der Waals surface area contributed by atoms with Crippen LogP contribution in [-0.4, -0.2) is 12.0 Å². The topological polar surface area (TPSA) is 38.3 Å². The fourth-order valence-electron chi connectivity index (χ4n) is 1.82. The molecule has 2 rings (SSSR count). The quantitative estimate of drug-likeness (QED) is 0.927. The van der Waals surface area contributed by atoms with Gasteiger partial charge in [-0.3, -0.25) is 4.79 Å². The van der Waals surface area contributed by atoms with E-state index in [2.05, 4.69) is 5.32 Å². The van der Waals surface area contributed by atoms with Crippen molar-refractivity contribution in [3.05, 3.63) is 59.4 Å². The van der Waals surface area contributed by atoms with Crippen molar-refractivity contribution in [2.75, 3.05) is 5.32 Å².